The average molecular weight is 306 g/mol. The largest absolute Gasteiger partial charge is 0.375 e. The smallest absolute Gasteiger partial charge is 0.122 e. The predicted octanol–water partition coefficient (Wildman–Crippen LogP) is 2.52. The molecule has 0 aliphatic carbocycles. The van der Waals surface area contributed by atoms with Gasteiger partial charge in [-0.2, -0.15) is 0 Å². The first-order chi connectivity index (χ1) is 10.2. The van der Waals surface area contributed by atoms with Gasteiger partial charge in [-0.1, -0.05) is 29.8 Å². The van der Waals surface area contributed by atoms with Gasteiger partial charge in [-0.15, -0.1) is 0 Å². The molecule has 0 radical (unpaired) electrons. The zero-order chi connectivity index (χ0) is 14.7. The van der Waals surface area contributed by atoms with Crippen LogP contribution in [0.3, 0.4) is 0 Å². The van der Waals surface area contributed by atoms with Crippen LogP contribution >= 0.6 is 11.6 Å². The molecule has 1 saturated heterocycles. The van der Waals surface area contributed by atoms with E-state index in [4.69, 9.17) is 16.3 Å². The molecule has 1 atom stereocenters. The Morgan fingerprint density at radius 3 is 3.00 bits per heavy atom. The molecule has 1 fully saturated rings. The van der Waals surface area contributed by atoms with Gasteiger partial charge in [0, 0.05) is 44.0 Å². The SMILES string of the molecule is Cn1ccnc1CN1CCO[C@H](Cc2ccccc2Cl)C1. The highest BCUT2D eigenvalue weighted by molar-refractivity contribution is 6.31. The summed E-state index contributed by atoms with van der Waals surface area (Å²) in [5.41, 5.74) is 1.16. The molecule has 0 amide bonds. The zero-order valence-electron chi connectivity index (χ0n) is 12.2. The molecule has 0 saturated carbocycles. The fourth-order valence-electron chi connectivity index (χ4n) is 2.71. The highest BCUT2D eigenvalue weighted by Crippen LogP contribution is 2.20. The summed E-state index contributed by atoms with van der Waals surface area (Å²) in [4.78, 5) is 6.79. The van der Waals surface area contributed by atoms with Crippen LogP contribution in [-0.2, 0) is 24.8 Å². The van der Waals surface area contributed by atoms with Crippen molar-refractivity contribution in [3.05, 3.63) is 53.1 Å². The third-order valence-electron chi connectivity index (χ3n) is 3.91. The Hall–Kier alpha value is -1.36. The van der Waals surface area contributed by atoms with Crippen molar-refractivity contribution in [3.63, 3.8) is 0 Å². The first-order valence-corrected chi connectivity index (χ1v) is 7.64. The molecule has 4 nitrogen and oxygen atoms in total. The van der Waals surface area contributed by atoms with Gasteiger partial charge in [-0.05, 0) is 11.6 Å². The minimum atomic E-state index is 0.193. The van der Waals surface area contributed by atoms with E-state index in [9.17, 15) is 0 Å². The Balaban J connectivity index is 1.61. The summed E-state index contributed by atoms with van der Waals surface area (Å²) in [5.74, 6) is 1.09. The minimum Gasteiger partial charge on any atom is -0.375 e. The third kappa shape index (κ3) is 3.64. The fraction of sp³-hybridized carbons (Fsp3) is 0.438. The maximum Gasteiger partial charge on any atom is 0.122 e. The molecule has 1 aromatic carbocycles. The second kappa shape index (κ2) is 6.60. The highest BCUT2D eigenvalue weighted by atomic mass is 35.5. The predicted molar refractivity (Wildman–Crippen MR) is 83.4 cm³/mol. The van der Waals surface area contributed by atoms with Gasteiger partial charge in [-0.3, -0.25) is 4.90 Å². The summed E-state index contributed by atoms with van der Waals surface area (Å²) in [5, 5.41) is 0.822. The number of ether oxygens (including phenoxy) is 1. The molecular weight excluding hydrogens is 286 g/mol. The number of hydrogen-bond acceptors (Lipinski definition) is 3. The topological polar surface area (TPSA) is 30.3 Å². The van der Waals surface area contributed by atoms with Crippen molar-refractivity contribution in [2.24, 2.45) is 7.05 Å². The monoisotopic (exact) mass is 305 g/mol. The van der Waals surface area contributed by atoms with E-state index in [1.165, 1.54) is 0 Å². The van der Waals surface area contributed by atoms with Crippen LogP contribution < -0.4 is 0 Å². The Bertz CT molecular complexity index is 599. The van der Waals surface area contributed by atoms with Gasteiger partial charge < -0.3 is 9.30 Å². The van der Waals surface area contributed by atoms with Crippen LogP contribution in [0, 0.1) is 0 Å². The lowest BCUT2D eigenvalue weighted by Crippen LogP contribution is -2.43. The van der Waals surface area contributed by atoms with E-state index in [1.807, 2.05) is 37.6 Å². The molecule has 0 spiro atoms. The molecule has 2 heterocycles. The van der Waals surface area contributed by atoms with E-state index in [2.05, 4.69) is 20.5 Å². The average Bonchev–Trinajstić information content (AvgIpc) is 2.87. The fourth-order valence-corrected chi connectivity index (χ4v) is 2.92. The first-order valence-electron chi connectivity index (χ1n) is 7.26. The van der Waals surface area contributed by atoms with Crippen molar-refractivity contribution in [2.45, 2.75) is 19.1 Å². The van der Waals surface area contributed by atoms with Gasteiger partial charge in [0.1, 0.15) is 5.82 Å². The van der Waals surface area contributed by atoms with Crippen molar-refractivity contribution in [2.75, 3.05) is 19.7 Å². The maximum atomic E-state index is 6.23. The summed E-state index contributed by atoms with van der Waals surface area (Å²) in [6.07, 6.45) is 4.88. The van der Waals surface area contributed by atoms with Gasteiger partial charge in [0.25, 0.3) is 0 Å². The van der Waals surface area contributed by atoms with Crippen LogP contribution in [0.2, 0.25) is 5.02 Å². The van der Waals surface area contributed by atoms with E-state index in [1.54, 1.807) is 0 Å². The van der Waals surface area contributed by atoms with Crippen LogP contribution in [0.4, 0.5) is 0 Å². The van der Waals surface area contributed by atoms with Crippen molar-refractivity contribution in [1.82, 2.24) is 14.5 Å². The first kappa shape index (κ1) is 14.6. The highest BCUT2D eigenvalue weighted by Gasteiger charge is 2.22. The number of imidazole rings is 1. The molecule has 1 aliphatic heterocycles. The normalized spacial score (nSPS) is 19.8. The van der Waals surface area contributed by atoms with Crippen LogP contribution in [-0.4, -0.2) is 40.3 Å². The van der Waals surface area contributed by atoms with E-state index in [-0.39, 0.29) is 6.10 Å². The second-order valence-corrected chi connectivity index (χ2v) is 5.89. The number of halogens is 1. The van der Waals surface area contributed by atoms with Gasteiger partial charge in [0.2, 0.25) is 0 Å². The lowest BCUT2D eigenvalue weighted by atomic mass is 10.1. The second-order valence-electron chi connectivity index (χ2n) is 5.48. The van der Waals surface area contributed by atoms with Crippen molar-refractivity contribution >= 4 is 11.6 Å². The van der Waals surface area contributed by atoms with Crippen LogP contribution in [0.5, 0.6) is 0 Å². The van der Waals surface area contributed by atoms with Gasteiger partial charge in [-0.25, -0.2) is 4.98 Å². The van der Waals surface area contributed by atoms with E-state index in [0.717, 1.165) is 49.1 Å². The van der Waals surface area contributed by atoms with Crippen molar-refractivity contribution < 1.29 is 4.74 Å². The minimum absolute atomic E-state index is 0.193. The molecule has 0 unspecified atom stereocenters. The summed E-state index contributed by atoms with van der Waals surface area (Å²) >= 11 is 6.23. The number of aryl methyl sites for hydroxylation is 1. The van der Waals surface area contributed by atoms with E-state index >= 15 is 0 Å². The third-order valence-corrected chi connectivity index (χ3v) is 4.28. The molecule has 0 bridgehead atoms. The zero-order valence-corrected chi connectivity index (χ0v) is 13.0. The molecule has 0 N–H and O–H groups in total. The lowest BCUT2D eigenvalue weighted by molar-refractivity contribution is -0.0314. The van der Waals surface area contributed by atoms with E-state index < -0.39 is 0 Å². The Morgan fingerprint density at radius 2 is 2.24 bits per heavy atom. The summed E-state index contributed by atoms with van der Waals surface area (Å²) in [7, 11) is 2.03. The van der Waals surface area contributed by atoms with E-state index in [0.29, 0.717) is 0 Å². The van der Waals surface area contributed by atoms with Crippen LogP contribution in [0.25, 0.3) is 0 Å². The Morgan fingerprint density at radius 1 is 1.38 bits per heavy atom. The molecule has 112 valence electrons. The molecular formula is C16H20ClN3O. The summed E-state index contributed by atoms with van der Waals surface area (Å²) in [6.45, 7) is 3.50. The number of aromatic nitrogens is 2. The number of benzene rings is 1. The summed E-state index contributed by atoms with van der Waals surface area (Å²) in [6, 6.07) is 7.99. The molecule has 3 rings (SSSR count). The van der Waals surface area contributed by atoms with Gasteiger partial charge in [0.05, 0.1) is 19.3 Å². The lowest BCUT2D eigenvalue weighted by Gasteiger charge is -2.32. The van der Waals surface area contributed by atoms with Crippen LogP contribution in [0.1, 0.15) is 11.4 Å². The van der Waals surface area contributed by atoms with Crippen molar-refractivity contribution in [3.8, 4) is 0 Å². The maximum absolute atomic E-state index is 6.23. The Kier molecular flexibility index (Phi) is 4.58. The molecule has 1 aromatic heterocycles. The Labute approximate surface area is 130 Å². The summed E-state index contributed by atoms with van der Waals surface area (Å²) < 4.78 is 7.96. The molecule has 5 heteroatoms. The molecule has 1 aliphatic rings. The van der Waals surface area contributed by atoms with Gasteiger partial charge >= 0.3 is 0 Å². The molecule has 2 aromatic rings. The molecule has 21 heavy (non-hydrogen) atoms. The van der Waals surface area contributed by atoms with Crippen LogP contribution in [0.15, 0.2) is 36.7 Å². The van der Waals surface area contributed by atoms with Crippen molar-refractivity contribution in [1.29, 1.82) is 0 Å². The van der Waals surface area contributed by atoms with Gasteiger partial charge in [0.15, 0.2) is 0 Å². The quantitative estimate of drug-likeness (QED) is 0.869. The standard InChI is InChI=1S/C16H20ClN3O/c1-19-7-6-18-16(19)12-20-8-9-21-14(11-20)10-13-4-2-3-5-15(13)17/h2-7,14H,8-12H2,1H3/t14-/m1/s1. The number of rotatable bonds is 4. The number of nitrogens with zero attached hydrogens (tertiary/aromatic N) is 3. The number of morpholine rings is 1. The number of hydrogen-bond donors (Lipinski definition) is 0.